The predicted molar refractivity (Wildman–Crippen MR) is 79.9 cm³/mol. The molecule has 11 heteroatoms. The Kier molecular flexibility index (Phi) is 4.59. The first kappa shape index (κ1) is 18.6. The van der Waals surface area contributed by atoms with Gasteiger partial charge in [-0.25, -0.2) is 14.6 Å². The molecular formula is C13H15BrF3N3O4. The van der Waals surface area contributed by atoms with Gasteiger partial charge in [0.15, 0.2) is 16.2 Å². The van der Waals surface area contributed by atoms with Gasteiger partial charge >= 0.3 is 18.2 Å². The SMILES string of the molecule is CC(C)(C)OC(=O)Nc1c(C(=O)O)nc(Br)n1[C@@H]1C[C@H]1C(F)(F)F. The second-order valence-electron chi connectivity index (χ2n) is 6.33. The molecule has 134 valence electrons. The Hall–Kier alpha value is -1.78. The highest BCUT2D eigenvalue weighted by Gasteiger charge is 2.58. The minimum atomic E-state index is -4.42. The molecular weight excluding hydrogens is 399 g/mol. The first-order valence-corrected chi connectivity index (χ1v) is 7.68. The van der Waals surface area contributed by atoms with Crippen LogP contribution in [0, 0.1) is 5.92 Å². The Morgan fingerprint density at radius 2 is 1.96 bits per heavy atom. The minimum absolute atomic E-state index is 0.109. The summed E-state index contributed by atoms with van der Waals surface area (Å²) in [5.41, 5.74) is -1.43. The number of nitrogens with zero attached hydrogens (tertiary/aromatic N) is 2. The Bertz CT molecular complexity index is 681. The lowest BCUT2D eigenvalue weighted by Crippen LogP contribution is -2.28. The molecule has 0 spiro atoms. The monoisotopic (exact) mass is 413 g/mol. The normalized spacial score (nSPS) is 20.6. The molecule has 2 atom stereocenters. The molecule has 1 aliphatic carbocycles. The molecule has 7 nitrogen and oxygen atoms in total. The number of carbonyl (C=O) groups excluding carboxylic acids is 1. The van der Waals surface area contributed by atoms with Gasteiger partial charge in [-0.05, 0) is 43.1 Å². The summed E-state index contributed by atoms with van der Waals surface area (Å²) in [5, 5.41) is 11.4. The average Bonchev–Trinajstić information content (AvgIpc) is 3.07. The Labute approximate surface area is 143 Å². The molecule has 1 fully saturated rings. The van der Waals surface area contributed by atoms with Crippen LogP contribution in [0.2, 0.25) is 0 Å². The Balaban J connectivity index is 2.35. The van der Waals surface area contributed by atoms with E-state index in [1.54, 1.807) is 20.8 Å². The first-order chi connectivity index (χ1) is 10.8. The maximum atomic E-state index is 12.8. The summed E-state index contributed by atoms with van der Waals surface area (Å²) in [6.45, 7) is 4.79. The van der Waals surface area contributed by atoms with Crippen LogP contribution in [0.4, 0.5) is 23.8 Å². The zero-order valence-corrected chi connectivity index (χ0v) is 14.5. The fraction of sp³-hybridized carbons (Fsp3) is 0.615. The molecule has 0 saturated heterocycles. The summed E-state index contributed by atoms with van der Waals surface area (Å²) >= 11 is 2.95. The number of hydrogen-bond donors (Lipinski definition) is 2. The van der Waals surface area contributed by atoms with E-state index in [0.717, 1.165) is 4.57 Å². The van der Waals surface area contributed by atoms with Gasteiger partial charge in [0.1, 0.15) is 5.60 Å². The smallest absolute Gasteiger partial charge is 0.413 e. The molecule has 24 heavy (non-hydrogen) atoms. The number of ether oxygens (including phenoxy) is 1. The molecule has 0 aromatic carbocycles. The van der Waals surface area contributed by atoms with Gasteiger partial charge in [0.2, 0.25) is 0 Å². The van der Waals surface area contributed by atoms with E-state index in [1.165, 1.54) is 0 Å². The maximum absolute atomic E-state index is 12.8. The highest BCUT2D eigenvalue weighted by atomic mass is 79.9. The van der Waals surface area contributed by atoms with Crippen LogP contribution in [0.5, 0.6) is 0 Å². The van der Waals surface area contributed by atoms with E-state index in [-0.39, 0.29) is 17.0 Å². The third-order valence-electron chi connectivity index (χ3n) is 3.20. The number of aromatic carboxylic acids is 1. The number of imidazole rings is 1. The van der Waals surface area contributed by atoms with Crippen LogP contribution in [-0.2, 0) is 4.74 Å². The van der Waals surface area contributed by atoms with Crippen molar-refractivity contribution in [2.75, 3.05) is 5.32 Å². The van der Waals surface area contributed by atoms with Crippen molar-refractivity contribution in [1.29, 1.82) is 0 Å². The molecule has 1 aromatic rings. The van der Waals surface area contributed by atoms with Crippen molar-refractivity contribution in [3.05, 3.63) is 10.4 Å². The number of carboxylic acid groups (broad SMARTS) is 1. The van der Waals surface area contributed by atoms with Crippen molar-refractivity contribution in [3.8, 4) is 0 Å². The van der Waals surface area contributed by atoms with Crippen molar-refractivity contribution in [3.63, 3.8) is 0 Å². The minimum Gasteiger partial charge on any atom is -0.476 e. The molecule has 0 unspecified atom stereocenters. The number of nitrogens with one attached hydrogen (secondary N) is 1. The second kappa shape index (κ2) is 5.94. The van der Waals surface area contributed by atoms with E-state index in [2.05, 4.69) is 26.2 Å². The molecule has 1 aromatic heterocycles. The topological polar surface area (TPSA) is 93.4 Å². The number of halogens is 4. The largest absolute Gasteiger partial charge is 0.476 e. The predicted octanol–water partition coefficient (Wildman–Crippen LogP) is 3.81. The zero-order chi connectivity index (χ0) is 18.4. The van der Waals surface area contributed by atoms with Crippen molar-refractivity contribution < 1.29 is 32.6 Å². The molecule has 1 aliphatic rings. The molecule has 0 bridgehead atoms. The number of anilines is 1. The van der Waals surface area contributed by atoms with Crippen LogP contribution >= 0.6 is 15.9 Å². The van der Waals surface area contributed by atoms with Gasteiger partial charge in [-0.2, -0.15) is 13.2 Å². The van der Waals surface area contributed by atoms with E-state index in [0.29, 0.717) is 0 Å². The molecule has 1 amide bonds. The zero-order valence-electron chi connectivity index (χ0n) is 12.9. The lowest BCUT2D eigenvalue weighted by molar-refractivity contribution is -0.150. The summed E-state index contributed by atoms with van der Waals surface area (Å²) in [7, 11) is 0. The third kappa shape index (κ3) is 4.00. The maximum Gasteiger partial charge on any atom is 0.413 e. The van der Waals surface area contributed by atoms with Gasteiger partial charge in [0.05, 0.1) is 5.92 Å². The van der Waals surface area contributed by atoms with E-state index >= 15 is 0 Å². The summed E-state index contributed by atoms with van der Waals surface area (Å²) < 4.78 is 44.4. The number of amides is 1. The van der Waals surface area contributed by atoms with Gasteiger partial charge in [-0.15, -0.1) is 0 Å². The van der Waals surface area contributed by atoms with Crippen LogP contribution in [0.15, 0.2) is 4.73 Å². The molecule has 2 N–H and O–H groups in total. The van der Waals surface area contributed by atoms with E-state index in [4.69, 9.17) is 9.84 Å². The number of hydrogen-bond acceptors (Lipinski definition) is 4. The summed E-state index contributed by atoms with van der Waals surface area (Å²) in [6.07, 6.45) is -5.62. The van der Waals surface area contributed by atoms with E-state index in [1.807, 2.05) is 0 Å². The van der Waals surface area contributed by atoms with Gasteiger partial charge < -0.3 is 14.4 Å². The summed E-state index contributed by atoms with van der Waals surface area (Å²) in [5.74, 6) is -3.45. The van der Waals surface area contributed by atoms with Crippen LogP contribution < -0.4 is 5.32 Å². The first-order valence-electron chi connectivity index (χ1n) is 6.89. The number of rotatable bonds is 3. The third-order valence-corrected chi connectivity index (χ3v) is 3.76. The molecule has 0 aliphatic heterocycles. The van der Waals surface area contributed by atoms with Crippen molar-refractivity contribution in [2.45, 2.75) is 45.0 Å². The quantitative estimate of drug-likeness (QED) is 0.785. The fourth-order valence-corrected chi connectivity index (χ4v) is 2.81. The van der Waals surface area contributed by atoms with Crippen LogP contribution in [-0.4, -0.2) is 38.5 Å². The van der Waals surface area contributed by atoms with E-state index < -0.39 is 41.5 Å². The molecule has 2 rings (SSSR count). The average molecular weight is 414 g/mol. The van der Waals surface area contributed by atoms with Crippen LogP contribution in [0.3, 0.4) is 0 Å². The Morgan fingerprint density at radius 1 is 1.38 bits per heavy atom. The van der Waals surface area contributed by atoms with Gasteiger partial charge in [-0.3, -0.25) is 5.32 Å². The lowest BCUT2D eigenvalue weighted by Gasteiger charge is -2.20. The van der Waals surface area contributed by atoms with Gasteiger partial charge in [-0.1, -0.05) is 0 Å². The highest BCUT2D eigenvalue weighted by Crippen LogP contribution is 2.55. The van der Waals surface area contributed by atoms with Gasteiger partial charge in [0, 0.05) is 6.04 Å². The van der Waals surface area contributed by atoms with E-state index in [9.17, 15) is 22.8 Å². The lowest BCUT2D eigenvalue weighted by atomic mass is 10.2. The summed E-state index contributed by atoms with van der Waals surface area (Å²) in [4.78, 5) is 26.8. The number of carboxylic acids is 1. The van der Waals surface area contributed by atoms with Crippen molar-refractivity contribution in [2.24, 2.45) is 5.92 Å². The Morgan fingerprint density at radius 3 is 2.38 bits per heavy atom. The molecule has 1 heterocycles. The number of aromatic nitrogens is 2. The van der Waals surface area contributed by atoms with Crippen LogP contribution in [0.1, 0.15) is 43.7 Å². The standard InChI is InChI=1S/C13H15BrF3N3O4/c1-12(2,3)24-11(23)19-8-7(9(21)22)18-10(14)20(8)6-4-5(6)13(15,16)17/h5-6H,4H2,1-3H3,(H,19,23)(H,21,22)/t5-,6-/m1/s1. The highest BCUT2D eigenvalue weighted by molar-refractivity contribution is 9.10. The number of alkyl halides is 3. The fourth-order valence-electron chi connectivity index (χ4n) is 2.20. The van der Waals surface area contributed by atoms with Gasteiger partial charge in [0.25, 0.3) is 0 Å². The molecule has 0 radical (unpaired) electrons. The second-order valence-corrected chi connectivity index (χ2v) is 7.04. The van der Waals surface area contributed by atoms with Crippen molar-refractivity contribution >= 4 is 33.8 Å². The van der Waals surface area contributed by atoms with Crippen molar-refractivity contribution in [1.82, 2.24) is 9.55 Å². The number of carbonyl (C=O) groups is 2. The molecule has 1 saturated carbocycles. The summed E-state index contributed by atoms with van der Waals surface area (Å²) in [6, 6.07) is -1.04. The van der Waals surface area contributed by atoms with Crippen LogP contribution in [0.25, 0.3) is 0 Å².